The van der Waals surface area contributed by atoms with Gasteiger partial charge in [0.05, 0.1) is 6.54 Å². The molecule has 0 spiro atoms. The molecule has 1 heterocycles. The van der Waals surface area contributed by atoms with Gasteiger partial charge >= 0.3 is 0 Å². The lowest BCUT2D eigenvalue weighted by atomic mass is 10.2. The summed E-state index contributed by atoms with van der Waals surface area (Å²) >= 11 is 0. The average molecular weight is 252 g/mol. The Morgan fingerprint density at radius 3 is 2.65 bits per heavy atom. The Balaban J connectivity index is 0.00000144. The van der Waals surface area contributed by atoms with E-state index in [2.05, 4.69) is 46.1 Å². The number of halogens is 1. The Bertz CT molecular complexity index is 425. The van der Waals surface area contributed by atoms with Gasteiger partial charge in [-0.25, -0.2) is 4.98 Å². The molecule has 0 atom stereocenters. The van der Waals surface area contributed by atoms with Crippen molar-refractivity contribution in [1.82, 2.24) is 14.9 Å². The largest absolute Gasteiger partial charge is 0.334 e. The first-order chi connectivity index (χ1) is 7.90. The summed E-state index contributed by atoms with van der Waals surface area (Å²) in [4.78, 5) is 4.32. The molecule has 2 rings (SSSR count). The quantitative estimate of drug-likeness (QED) is 0.885. The predicted molar refractivity (Wildman–Crippen MR) is 72.1 cm³/mol. The normalized spacial score (nSPS) is 9.94. The molecule has 17 heavy (non-hydrogen) atoms. The number of aryl methyl sites for hydroxylation is 1. The smallest absolute Gasteiger partial charge is 0.122 e. The van der Waals surface area contributed by atoms with Crippen LogP contribution in [0.25, 0.3) is 0 Å². The summed E-state index contributed by atoms with van der Waals surface area (Å²) in [7, 11) is 0. The fraction of sp³-hybridized carbons (Fsp3) is 0.308. The number of rotatable bonds is 5. The molecule has 0 aliphatic heterocycles. The topological polar surface area (TPSA) is 29.9 Å². The van der Waals surface area contributed by atoms with Crippen molar-refractivity contribution in [2.24, 2.45) is 0 Å². The van der Waals surface area contributed by atoms with Gasteiger partial charge in [0.25, 0.3) is 0 Å². The molecule has 1 N–H and O–H groups in total. The maximum absolute atomic E-state index is 4.32. The Labute approximate surface area is 108 Å². The molecule has 4 heteroatoms. The molecule has 3 nitrogen and oxygen atoms in total. The molecular weight excluding hydrogens is 234 g/mol. The zero-order valence-electron chi connectivity index (χ0n) is 9.97. The van der Waals surface area contributed by atoms with E-state index >= 15 is 0 Å². The van der Waals surface area contributed by atoms with E-state index in [0.29, 0.717) is 0 Å². The lowest BCUT2D eigenvalue weighted by Crippen LogP contribution is -2.16. The van der Waals surface area contributed by atoms with E-state index in [1.54, 1.807) is 0 Å². The molecule has 0 radical (unpaired) electrons. The Hall–Kier alpha value is -1.32. The molecule has 0 amide bonds. The van der Waals surface area contributed by atoms with Crippen LogP contribution in [0.4, 0.5) is 0 Å². The van der Waals surface area contributed by atoms with E-state index in [1.165, 1.54) is 5.56 Å². The van der Waals surface area contributed by atoms with Crippen LogP contribution in [0.2, 0.25) is 0 Å². The fourth-order valence-electron chi connectivity index (χ4n) is 1.71. The van der Waals surface area contributed by atoms with Crippen molar-refractivity contribution in [3.8, 4) is 0 Å². The highest BCUT2D eigenvalue weighted by molar-refractivity contribution is 5.85. The number of hydrogen-bond acceptors (Lipinski definition) is 2. The standard InChI is InChI=1S/C13H17N3.ClH/c1-2-16-9-8-15-13(16)11-14-10-12-6-4-3-5-7-12;/h3-9,14H,2,10-11H2,1H3;1H. The molecule has 0 saturated heterocycles. The van der Waals surface area contributed by atoms with Gasteiger partial charge in [-0.3, -0.25) is 0 Å². The van der Waals surface area contributed by atoms with Crippen molar-refractivity contribution < 1.29 is 0 Å². The summed E-state index contributed by atoms with van der Waals surface area (Å²) < 4.78 is 2.15. The van der Waals surface area contributed by atoms with E-state index in [4.69, 9.17) is 0 Å². The summed E-state index contributed by atoms with van der Waals surface area (Å²) in [6.45, 7) is 4.80. The van der Waals surface area contributed by atoms with Crippen LogP contribution in [0.15, 0.2) is 42.7 Å². The second kappa shape index (κ2) is 7.09. The van der Waals surface area contributed by atoms with Crippen molar-refractivity contribution >= 4 is 12.4 Å². The van der Waals surface area contributed by atoms with Crippen LogP contribution in [0.1, 0.15) is 18.3 Å². The van der Waals surface area contributed by atoms with Crippen LogP contribution < -0.4 is 5.32 Å². The Kier molecular flexibility index (Phi) is 5.73. The monoisotopic (exact) mass is 251 g/mol. The second-order valence-corrected chi connectivity index (χ2v) is 3.72. The van der Waals surface area contributed by atoms with Crippen LogP contribution in [0.5, 0.6) is 0 Å². The van der Waals surface area contributed by atoms with E-state index in [-0.39, 0.29) is 12.4 Å². The van der Waals surface area contributed by atoms with Gasteiger partial charge in [0.1, 0.15) is 5.82 Å². The molecule has 0 aliphatic carbocycles. The lowest BCUT2D eigenvalue weighted by Gasteiger charge is -2.06. The fourth-order valence-corrected chi connectivity index (χ4v) is 1.71. The summed E-state index contributed by atoms with van der Waals surface area (Å²) in [5, 5.41) is 3.40. The highest BCUT2D eigenvalue weighted by Crippen LogP contribution is 2.00. The summed E-state index contributed by atoms with van der Waals surface area (Å²) in [5.41, 5.74) is 1.30. The first-order valence-electron chi connectivity index (χ1n) is 5.65. The van der Waals surface area contributed by atoms with Gasteiger partial charge in [0.2, 0.25) is 0 Å². The second-order valence-electron chi connectivity index (χ2n) is 3.72. The summed E-state index contributed by atoms with van der Waals surface area (Å²) in [5.74, 6) is 1.10. The highest BCUT2D eigenvalue weighted by Gasteiger charge is 1.99. The Morgan fingerprint density at radius 2 is 1.94 bits per heavy atom. The molecule has 1 aromatic carbocycles. The maximum Gasteiger partial charge on any atom is 0.122 e. The molecule has 0 bridgehead atoms. The molecule has 0 saturated carbocycles. The average Bonchev–Trinajstić information content (AvgIpc) is 2.78. The minimum absolute atomic E-state index is 0. The first kappa shape index (κ1) is 13.7. The summed E-state index contributed by atoms with van der Waals surface area (Å²) in [6.07, 6.45) is 3.86. The third-order valence-corrected chi connectivity index (χ3v) is 2.60. The van der Waals surface area contributed by atoms with Gasteiger partial charge in [-0.1, -0.05) is 30.3 Å². The number of nitrogens with zero attached hydrogens (tertiary/aromatic N) is 2. The molecule has 92 valence electrons. The van der Waals surface area contributed by atoms with E-state index in [9.17, 15) is 0 Å². The van der Waals surface area contributed by atoms with Gasteiger partial charge in [-0.2, -0.15) is 0 Å². The predicted octanol–water partition coefficient (Wildman–Crippen LogP) is 2.61. The number of aromatic nitrogens is 2. The Morgan fingerprint density at radius 1 is 1.18 bits per heavy atom. The van der Waals surface area contributed by atoms with Crippen molar-refractivity contribution in [3.63, 3.8) is 0 Å². The van der Waals surface area contributed by atoms with Crippen molar-refractivity contribution in [2.45, 2.75) is 26.6 Å². The van der Waals surface area contributed by atoms with Crippen LogP contribution >= 0.6 is 12.4 Å². The molecule has 0 fully saturated rings. The minimum Gasteiger partial charge on any atom is -0.334 e. The molecular formula is C13H18ClN3. The maximum atomic E-state index is 4.32. The van der Waals surface area contributed by atoms with Gasteiger partial charge in [0.15, 0.2) is 0 Å². The molecule has 1 aromatic heterocycles. The molecule has 0 unspecified atom stereocenters. The SMILES string of the molecule is CCn1ccnc1CNCc1ccccc1.Cl. The van der Waals surface area contributed by atoms with Gasteiger partial charge in [-0.05, 0) is 12.5 Å². The number of hydrogen-bond donors (Lipinski definition) is 1. The number of imidazole rings is 1. The third kappa shape index (κ3) is 3.88. The molecule has 2 aromatic rings. The zero-order valence-corrected chi connectivity index (χ0v) is 10.8. The van der Waals surface area contributed by atoms with E-state index < -0.39 is 0 Å². The van der Waals surface area contributed by atoms with Crippen LogP contribution in [-0.4, -0.2) is 9.55 Å². The van der Waals surface area contributed by atoms with Crippen LogP contribution in [0.3, 0.4) is 0 Å². The minimum atomic E-state index is 0. The van der Waals surface area contributed by atoms with Crippen molar-refractivity contribution in [3.05, 3.63) is 54.1 Å². The number of benzene rings is 1. The van der Waals surface area contributed by atoms with E-state index in [0.717, 1.165) is 25.5 Å². The van der Waals surface area contributed by atoms with Crippen molar-refractivity contribution in [1.29, 1.82) is 0 Å². The van der Waals surface area contributed by atoms with Crippen molar-refractivity contribution in [2.75, 3.05) is 0 Å². The van der Waals surface area contributed by atoms with Crippen LogP contribution in [-0.2, 0) is 19.6 Å². The lowest BCUT2D eigenvalue weighted by molar-refractivity contribution is 0.613. The van der Waals surface area contributed by atoms with Gasteiger partial charge < -0.3 is 9.88 Å². The van der Waals surface area contributed by atoms with Gasteiger partial charge in [-0.15, -0.1) is 12.4 Å². The highest BCUT2D eigenvalue weighted by atomic mass is 35.5. The van der Waals surface area contributed by atoms with Crippen LogP contribution in [0, 0.1) is 0 Å². The summed E-state index contributed by atoms with van der Waals surface area (Å²) in [6, 6.07) is 10.4. The van der Waals surface area contributed by atoms with Gasteiger partial charge in [0, 0.05) is 25.5 Å². The first-order valence-corrected chi connectivity index (χ1v) is 5.65. The molecule has 0 aliphatic rings. The zero-order chi connectivity index (χ0) is 11.2. The third-order valence-electron chi connectivity index (χ3n) is 2.60. The van der Waals surface area contributed by atoms with E-state index in [1.807, 2.05) is 18.5 Å². The number of nitrogens with one attached hydrogen (secondary N) is 1.